The van der Waals surface area contributed by atoms with Crippen LogP contribution in [0.1, 0.15) is 0 Å². The van der Waals surface area contributed by atoms with Crippen LogP contribution in [0, 0.1) is 0 Å². The first-order chi connectivity index (χ1) is 4.74. The molecule has 56 valence electrons. The Kier molecular flexibility index (Phi) is 2.16. The molecular formula is C5H8N2O2S. The first kappa shape index (κ1) is 7.40. The average molecular weight is 160 g/mol. The summed E-state index contributed by atoms with van der Waals surface area (Å²) in [7, 11) is 0. The van der Waals surface area contributed by atoms with Gasteiger partial charge in [-0.2, -0.15) is 12.6 Å². The lowest BCUT2D eigenvalue weighted by Gasteiger charge is -2.20. The second kappa shape index (κ2) is 2.92. The monoisotopic (exact) mass is 160 g/mol. The molecule has 0 aromatic rings. The molecule has 2 N–H and O–H groups in total. The number of hydrogen-bond acceptors (Lipinski definition) is 3. The summed E-state index contributed by atoms with van der Waals surface area (Å²) < 4.78 is 0. The van der Waals surface area contributed by atoms with Gasteiger partial charge in [-0.15, -0.1) is 0 Å². The zero-order chi connectivity index (χ0) is 7.56. The number of amides is 2. The van der Waals surface area contributed by atoms with E-state index in [1.165, 1.54) is 0 Å². The highest BCUT2D eigenvalue weighted by Crippen LogP contribution is 1.91. The maximum absolute atomic E-state index is 10.8. The first-order valence-corrected chi connectivity index (χ1v) is 3.55. The number of rotatable bonds is 1. The summed E-state index contributed by atoms with van der Waals surface area (Å²) in [6, 6.07) is -0.454. The molecule has 4 nitrogen and oxygen atoms in total. The summed E-state index contributed by atoms with van der Waals surface area (Å²) in [6.07, 6.45) is 0. The SMILES string of the molecule is O=C1CNC(=O)[C@@H](CS)N1. The molecule has 1 aliphatic heterocycles. The summed E-state index contributed by atoms with van der Waals surface area (Å²) in [6.45, 7) is 0.0864. The molecule has 0 aromatic heterocycles. The van der Waals surface area contributed by atoms with Crippen molar-refractivity contribution in [3.63, 3.8) is 0 Å². The van der Waals surface area contributed by atoms with E-state index in [1.54, 1.807) is 0 Å². The molecule has 1 rings (SSSR count). The van der Waals surface area contributed by atoms with Gasteiger partial charge in [-0.3, -0.25) is 9.59 Å². The minimum absolute atomic E-state index is 0.0864. The van der Waals surface area contributed by atoms with Crippen LogP contribution in [-0.2, 0) is 9.59 Å². The summed E-state index contributed by atoms with van der Waals surface area (Å²) >= 11 is 3.89. The third kappa shape index (κ3) is 1.41. The van der Waals surface area contributed by atoms with Crippen molar-refractivity contribution in [1.82, 2.24) is 10.6 Å². The Bertz CT molecular complexity index is 171. The van der Waals surface area contributed by atoms with E-state index in [-0.39, 0.29) is 18.4 Å². The minimum Gasteiger partial charge on any atom is -0.345 e. The summed E-state index contributed by atoms with van der Waals surface area (Å²) in [4.78, 5) is 21.4. The van der Waals surface area contributed by atoms with Crippen molar-refractivity contribution in [1.29, 1.82) is 0 Å². The number of carbonyl (C=O) groups is 2. The Morgan fingerprint density at radius 3 is 2.80 bits per heavy atom. The summed E-state index contributed by atoms with van der Waals surface area (Å²) in [5.41, 5.74) is 0. The van der Waals surface area contributed by atoms with Crippen molar-refractivity contribution in [2.45, 2.75) is 6.04 Å². The molecule has 1 atom stereocenters. The van der Waals surface area contributed by atoms with E-state index in [0.717, 1.165) is 0 Å². The van der Waals surface area contributed by atoms with Gasteiger partial charge in [0, 0.05) is 5.75 Å². The number of carbonyl (C=O) groups excluding carboxylic acids is 2. The Morgan fingerprint density at radius 2 is 2.30 bits per heavy atom. The zero-order valence-corrected chi connectivity index (χ0v) is 6.15. The van der Waals surface area contributed by atoms with Crippen LogP contribution in [0.25, 0.3) is 0 Å². The lowest BCUT2D eigenvalue weighted by molar-refractivity contribution is -0.133. The van der Waals surface area contributed by atoms with Crippen LogP contribution in [0.4, 0.5) is 0 Å². The second-order valence-corrected chi connectivity index (χ2v) is 2.39. The van der Waals surface area contributed by atoms with Crippen molar-refractivity contribution in [2.24, 2.45) is 0 Å². The van der Waals surface area contributed by atoms with Crippen LogP contribution in [0.2, 0.25) is 0 Å². The molecule has 0 unspecified atom stereocenters. The van der Waals surface area contributed by atoms with Gasteiger partial charge in [-0.1, -0.05) is 0 Å². The van der Waals surface area contributed by atoms with Gasteiger partial charge in [0.1, 0.15) is 6.04 Å². The highest BCUT2D eigenvalue weighted by atomic mass is 32.1. The van der Waals surface area contributed by atoms with Gasteiger partial charge in [0.15, 0.2) is 0 Å². The maximum Gasteiger partial charge on any atom is 0.243 e. The van der Waals surface area contributed by atoms with Gasteiger partial charge in [0.05, 0.1) is 6.54 Å². The van der Waals surface area contributed by atoms with Crippen LogP contribution < -0.4 is 10.6 Å². The van der Waals surface area contributed by atoms with Crippen molar-refractivity contribution in [2.75, 3.05) is 12.3 Å². The molecule has 0 aliphatic carbocycles. The summed E-state index contributed by atoms with van der Waals surface area (Å²) in [5.74, 6) is 0.0330. The molecule has 0 bridgehead atoms. The number of nitrogens with one attached hydrogen (secondary N) is 2. The number of piperazine rings is 1. The van der Waals surface area contributed by atoms with Crippen LogP contribution in [0.3, 0.4) is 0 Å². The zero-order valence-electron chi connectivity index (χ0n) is 5.26. The minimum atomic E-state index is -0.454. The average Bonchev–Trinajstić information content (AvgIpc) is 1.94. The molecule has 1 aliphatic rings. The lowest BCUT2D eigenvalue weighted by Crippen LogP contribution is -2.56. The first-order valence-electron chi connectivity index (χ1n) is 2.92. The fourth-order valence-corrected chi connectivity index (χ4v) is 0.987. The van der Waals surface area contributed by atoms with E-state index in [2.05, 4.69) is 23.3 Å². The molecular weight excluding hydrogens is 152 g/mol. The molecule has 0 spiro atoms. The fraction of sp³-hybridized carbons (Fsp3) is 0.600. The normalized spacial score (nSPS) is 25.5. The maximum atomic E-state index is 10.8. The van der Waals surface area contributed by atoms with Crippen LogP contribution in [0.15, 0.2) is 0 Å². The third-order valence-electron chi connectivity index (χ3n) is 1.26. The molecule has 10 heavy (non-hydrogen) atoms. The van der Waals surface area contributed by atoms with Gasteiger partial charge in [0.2, 0.25) is 11.8 Å². The molecule has 5 heteroatoms. The second-order valence-electron chi connectivity index (χ2n) is 2.02. The smallest absolute Gasteiger partial charge is 0.243 e. The number of thiol groups is 1. The van der Waals surface area contributed by atoms with Crippen molar-refractivity contribution < 1.29 is 9.59 Å². The predicted octanol–water partition coefficient (Wildman–Crippen LogP) is -1.47. The molecule has 0 aromatic carbocycles. The molecule has 0 saturated carbocycles. The lowest BCUT2D eigenvalue weighted by atomic mass is 10.2. The highest BCUT2D eigenvalue weighted by Gasteiger charge is 2.23. The van der Waals surface area contributed by atoms with E-state index in [9.17, 15) is 9.59 Å². The van der Waals surface area contributed by atoms with Crippen molar-refractivity contribution >= 4 is 24.4 Å². The van der Waals surface area contributed by atoms with Gasteiger partial charge in [-0.05, 0) is 0 Å². The Labute approximate surface area is 63.8 Å². The topological polar surface area (TPSA) is 58.2 Å². The Morgan fingerprint density at radius 1 is 1.60 bits per heavy atom. The van der Waals surface area contributed by atoms with Crippen LogP contribution in [0.5, 0.6) is 0 Å². The molecule has 0 radical (unpaired) electrons. The van der Waals surface area contributed by atoms with Crippen LogP contribution in [-0.4, -0.2) is 30.2 Å². The Balaban J connectivity index is 2.53. The van der Waals surface area contributed by atoms with Crippen molar-refractivity contribution in [3.05, 3.63) is 0 Å². The molecule has 1 heterocycles. The van der Waals surface area contributed by atoms with E-state index < -0.39 is 6.04 Å². The van der Waals surface area contributed by atoms with E-state index in [4.69, 9.17) is 0 Å². The third-order valence-corrected chi connectivity index (χ3v) is 1.62. The quantitative estimate of drug-likeness (QED) is 0.410. The van der Waals surface area contributed by atoms with E-state index in [1.807, 2.05) is 0 Å². The predicted molar refractivity (Wildman–Crippen MR) is 38.8 cm³/mol. The van der Waals surface area contributed by atoms with Gasteiger partial charge in [-0.25, -0.2) is 0 Å². The van der Waals surface area contributed by atoms with Gasteiger partial charge < -0.3 is 10.6 Å². The highest BCUT2D eigenvalue weighted by molar-refractivity contribution is 7.80. The number of hydrogen-bond donors (Lipinski definition) is 3. The van der Waals surface area contributed by atoms with Gasteiger partial charge in [0.25, 0.3) is 0 Å². The Hall–Kier alpha value is -0.710. The summed E-state index contributed by atoms with van der Waals surface area (Å²) in [5, 5.41) is 4.92. The fourth-order valence-electron chi connectivity index (χ4n) is 0.730. The van der Waals surface area contributed by atoms with Crippen LogP contribution >= 0.6 is 12.6 Å². The van der Waals surface area contributed by atoms with E-state index in [0.29, 0.717) is 5.75 Å². The largest absolute Gasteiger partial charge is 0.345 e. The molecule has 1 saturated heterocycles. The standard InChI is InChI=1S/C5H8N2O2S/c8-4-1-6-5(9)3(2-10)7-4/h3,10H,1-2H2,(H,6,9)(H,7,8)/t3-/m1/s1. The van der Waals surface area contributed by atoms with Gasteiger partial charge >= 0.3 is 0 Å². The van der Waals surface area contributed by atoms with E-state index >= 15 is 0 Å². The van der Waals surface area contributed by atoms with Crippen molar-refractivity contribution in [3.8, 4) is 0 Å². The molecule has 2 amide bonds. The molecule has 1 fully saturated rings.